The Kier molecular flexibility index (Phi) is 4.01. The van der Waals surface area contributed by atoms with Gasteiger partial charge in [-0.1, -0.05) is 24.6 Å². The van der Waals surface area contributed by atoms with Gasteiger partial charge in [0.1, 0.15) is 5.82 Å². The summed E-state index contributed by atoms with van der Waals surface area (Å²) < 4.78 is 13.8. The molecule has 2 aliphatic rings. The first kappa shape index (κ1) is 13.6. The second-order valence-corrected chi connectivity index (χ2v) is 5.79. The van der Waals surface area contributed by atoms with E-state index in [-0.39, 0.29) is 17.8 Å². The van der Waals surface area contributed by atoms with Crippen molar-refractivity contribution in [2.45, 2.75) is 50.7 Å². The maximum atomic E-state index is 13.8. The van der Waals surface area contributed by atoms with Crippen LogP contribution in [0.5, 0.6) is 0 Å². The monoisotopic (exact) mass is 276 g/mol. The third kappa shape index (κ3) is 3.01. The minimum atomic E-state index is -0.220. The van der Waals surface area contributed by atoms with Gasteiger partial charge in [0.2, 0.25) is 5.91 Å². The lowest BCUT2D eigenvalue weighted by Gasteiger charge is -2.30. The molecule has 1 aliphatic carbocycles. The average Bonchev–Trinajstić information content (AvgIpc) is 3.31. The molecule has 1 aliphatic heterocycles. The van der Waals surface area contributed by atoms with Gasteiger partial charge < -0.3 is 10.2 Å². The first-order valence-electron chi connectivity index (χ1n) is 7.53. The highest BCUT2D eigenvalue weighted by Crippen LogP contribution is 2.30. The Labute approximate surface area is 119 Å². The van der Waals surface area contributed by atoms with Crippen molar-refractivity contribution in [1.29, 1.82) is 0 Å². The van der Waals surface area contributed by atoms with Gasteiger partial charge >= 0.3 is 0 Å². The lowest BCUT2D eigenvalue weighted by atomic mass is 10.0. The number of carbonyl (C=O) groups excluding carboxylic acids is 1. The second-order valence-electron chi connectivity index (χ2n) is 5.79. The molecule has 1 amide bonds. The lowest BCUT2D eigenvalue weighted by molar-refractivity contribution is -0.135. The van der Waals surface area contributed by atoms with E-state index >= 15 is 0 Å². The normalized spacial score (nSPS) is 22.6. The summed E-state index contributed by atoms with van der Waals surface area (Å²) in [6.07, 6.45) is 5.24. The van der Waals surface area contributed by atoms with Crippen LogP contribution < -0.4 is 5.32 Å². The first-order chi connectivity index (χ1) is 9.75. The van der Waals surface area contributed by atoms with Gasteiger partial charge in [-0.2, -0.15) is 0 Å². The Hall–Kier alpha value is -1.42. The number of hydrogen-bond donors (Lipinski definition) is 1. The molecule has 3 nitrogen and oxygen atoms in total. The summed E-state index contributed by atoms with van der Waals surface area (Å²) in [4.78, 5) is 14.5. The molecule has 1 N–H and O–H groups in total. The molecular formula is C16H21FN2O. The van der Waals surface area contributed by atoms with Crippen LogP contribution in [0.2, 0.25) is 0 Å². The number of nitrogens with one attached hydrogen (secondary N) is 1. The quantitative estimate of drug-likeness (QED) is 0.916. The van der Waals surface area contributed by atoms with Gasteiger partial charge in [0.25, 0.3) is 0 Å². The van der Waals surface area contributed by atoms with Crippen molar-refractivity contribution >= 4 is 5.91 Å². The predicted molar refractivity (Wildman–Crippen MR) is 75.6 cm³/mol. The average molecular weight is 276 g/mol. The molecule has 4 heteroatoms. The standard InChI is InChI=1S/C16H21FN2O/c17-14-6-2-1-5-12(14)11-19(13-8-9-13)16(20)15-7-3-4-10-18-15/h1-2,5-6,13,15,18H,3-4,7-11H2. The largest absolute Gasteiger partial charge is 0.334 e. The zero-order valence-corrected chi connectivity index (χ0v) is 11.6. The third-order valence-electron chi connectivity index (χ3n) is 4.18. The highest BCUT2D eigenvalue weighted by molar-refractivity contribution is 5.82. The summed E-state index contributed by atoms with van der Waals surface area (Å²) in [7, 11) is 0. The van der Waals surface area contributed by atoms with Gasteiger partial charge in [0.05, 0.1) is 6.04 Å². The minimum absolute atomic E-state index is 0.0730. The number of rotatable bonds is 4. The molecule has 1 heterocycles. The fourth-order valence-electron chi connectivity index (χ4n) is 2.85. The summed E-state index contributed by atoms with van der Waals surface area (Å²) in [6, 6.07) is 6.98. The molecule has 0 bridgehead atoms. The summed E-state index contributed by atoms with van der Waals surface area (Å²) in [5.74, 6) is -0.0713. The molecule has 1 saturated carbocycles. The molecule has 1 unspecified atom stereocenters. The van der Waals surface area contributed by atoms with Crippen LogP contribution in [0.1, 0.15) is 37.7 Å². The van der Waals surface area contributed by atoms with Crippen molar-refractivity contribution in [3.63, 3.8) is 0 Å². The van der Waals surface area contributed by atoms with E-state index in [0.29, 0.717) is 18.2 Å². The Bertz CT molecular complexity index is 481. The van der Waals surface area contributed by atoms with Crippen LogP contribution in [0.4, 0.5) is 4.39 Å². The number of piperidine rings is 1. The lowest BCUT2D eigenvalue weighted by Crippen LogP contribution is -2.49. The smallest absolute Gasteiger partial charge is 0.240 e. The van der Waals surface area contributed by atoms with Crippen LogP contribution in [-0.4, -0.2) is 29.4 Å². The minimum Gasteiger partial charge on any atom is -0.334 e. The molecular weight excluding hydrogens is 255 g/mol. The van der Waals surface area contributed by atoms with E-state index in [4.69, 9.17) is 0 Å². The van der Waals surface area contributed by atoms with Crippen molar-refractivity contribution in [2.75, 3.05) is 6.54 Å². The van der Waals surface area contributed by atoms with Crippen LogP contribution in [0, 0.1) is 5.82 Å². The van der Waals surface area contributed by atoms with Crippen LogP contribution >= 0.6 is 0 Å². The number of amides is 1. The third-order valence-corrected chi connectivity index (χ3v) is 4.18. The highest BCUT2D eigenvalue weighted by Gasteiger charge is 2.36. The zero-order valence-electron chi connectivity index (χ0n) is 11.6. The molecule has 0 aromatic heterocycles. The van der Waals surface area contributed by atoms with Crippen LogP contribution in [-0.2, 0) is 11.3 Å². The fourth-order valence-corrected chi connectivity index (χ4v) is 2.85. The van der Waals surface area contributed by atoms with Gasteiger partial charge in [-0.15, -0.1) is 0 Å². The van der Waals surface area contributed by atoms with Crippen LogP contribution in [0.15, 0.2) is 24.3 Å². The molecule has 20 heavy (non-hydrogen) atoms. The molecule has 0 spiro atoms. The molecule has 1 saturated heterocycles. The number of benzene rings is 1. The van der Waals surface area contributed by atoms with Crippen molar-refractivity contribution < 1.29 is 9.18 Å². The topological polar surface area (TPSA) is 32.3 Å². The van der Waals surface area contributed by atoms with Gasteiger partial charge in [-0.05, 0) is 38.3 Å². The predicted octanol–water partition coefficient (Wildman–Crippen LogP) is 2.46. The van der Waals surface area contributed by atoms with E-state index in [0.717, 1.165) is 38.6 Å². The van der Waals surface area contributed by atoms with E-state index in [2.05, 4.69) is 5.32 Å². The molecule has 2 fully saturated rings. The molecule has 108 valence electrons. The summed E-state index contributed by atoms with van der Waals surface area (Å²) in [5.41, 5.74) is 0.614. The molecule has 1 atom stereocenters. The van der Waals surface area contributed by atoms with E-state index in [1.54, 1.807) is 12.1 Å². The van der Waals surface area contributed by atoms with Crippen molar-refractivity contribution in [2.24, 2.45) is 0 Å². The van der Waals surface area contributed by atoms with E-state index in [1.165, 1.54) is 6.07 Å². The first-order valence-corrected chi connectivity index (χ1v) is 7.53. The number of nitrogens with zero attached hydrogens (tertiary/aromatic N) is 1. The fraction of sp³-hybridized carbons (Fsp3) is 0.562. The van der Waals surface area contributed by atoms with Gasteiger partial charge in [-0.3, -0.25) is 4.79 Å². The van der Waals surface area contributed by atoms with Crippen molar-refractivity contribution in [1.82, 2.24) is 10.2 Å². The van der Waals surface area contributed by atoms with Gasteiger partial charge in [-0.25, -0.2) is 4.39 Å². The maximum Gasteiger partial charge on any atom is 0.240 e. The van der Waals surface area contributed by atoms with Crippen LogP contribution in [0.3, 0.4) is 0 Å². The van der Waals surface area contributed by atoms with Gasteiger partial charge in [0, 0.05) is 18.2 Å². The number of halogens is 1. The SMILES string of the molecule is O=C(C1CCCCN1)N(Cc1ccccc1F)C1CC1. The Morgan fingerprint density at radius 2 is 2.05 bits per heavy atom. The van der Waals surface area contributed by atoms with Crippen molar-refractivity contribution in [3.05, 3.63) is 35.6 Å². The highest BCUT2D eigenvalue weighted by atomic mass is 19.1. The zero-order chi connectivity index (χ0) is 13.9. The van der Waals surface area contributed by atoms with E-state index in [1.807, 2.05) is 11.0 Å². The van der Waals surface area contributed by atoms with Crippen molar-refractivity contribution in [3.8, 4) is 0 Å². The summed E-state index contributed by atoms with van der Waals surface area (Å²) in [5, 5.41) is 3.30. The van der Waals surface area contributed by atoms with E-state index in [9.17, 15) is 9.18 Å². The second kappa shape index (κ2) is 5.92. The number of carbonyl (C=O) groups is 1. The maximum absolute atomic E-state index is 13.8. The molecule has 1 aromatic rings. The Balaban J connectivity index is 1.72. The van der Waals surface area contributed by atoms with Crippen LogP contribution in [0.25, 0.3) is 0 Å². The molecule has 1 aromatic carbocycles. The van der Waals surface area contributed by atoms with Gasteiger partial charge in [0.15, 0.2) is 0 Å². The number of hydrogen-bond acceptors (Lipinski definition) is 2. The Morgan fingerprint density at radius 3 is 2.70 bits per heavy atom. The van der Waals surface area contributed by atoms with E-state index < -0.39 is 0 Å². The molecule has 3 rings (SSSR count). The summed E-state index contributed by atoms with van der Waals surface area (Å²) in [6.45, 7) is 1.31. The Morgan fingerprint density at radius 1 is 1.25 bits per heavy atom. The molecule has 0 radical (unpaired) electrons. The summed E-state index contributed by atoms with van der Waals surface area (Å²) >= 11 is 0.